The second-order valence-corrected chi connectivity index (χ2v) is 27.5. The van der Waals surface area contributed by atoms with Crippen LogP contribution in [-0.4, -0.2) is 184 Å². The van der Waals surface area contributed by atoms with Gasteiger partial charge in [0.2, 0.25) is 23.3 Å². The van der Waals surface area contributed by atoms with Crippen LogP contribution >= 0.6 is 66.8 Å². The van der Waals surface area contributed by atoms with Crippen LogP contribution in [0.1, 0.15) is 58.9 Å². The van der Waals surface area contributed by atoms with E-state index in [-0.39, 0.29) is 61.7 Å². The molecule has 4 aromatic carbocycles. The molecule has 1 N–H and O–H groups in total. The van der Waals surface area contributed by atoms with Crippen molar-refractivity contribution in [2.24, 2.45) is 0 Å². The van der Waals surface area contributed by atoms with Crippen molar-refractivity contribution in [2.75, 3.05) is 65.7 Å². The van der Waals surface area contributed by atoms with Gasteiger partial charge in [0.25, 0.3) is 23.6 Å². The molecule has 8 heterocycles. The monoisotopic (exact) mass is 1650 g/mol. The molecular weight excluding hydrogens is 1570 g/mol. The maximum absolute atomic E-state index is 12.4. The van der Waals surface area contributed by atoms with Crippen molar-refractivity contribution in [1.29, 1.82) is 0 Å². The number of aromatic nitrogens is 16. The average molecular weight is 1650 g/mol. The van der Waals surface area contributed by atoms with Gasteiger partial charge < -0.3 is 47.2 Å². The summed E-state index contributed by atoms with van der Waals surface area (Å²) in [6.45, 7) is 22.5. The van der Waals surface area contributed by atoms with Gasteiger partial charge >= 0.3 is 23.9 Å². The van der Waals surface area contributed by atoms with Crippen LogP contribution in [0.15, 0.2) is 124 Å². The van der Waals surface area contributed by atoms with Crippen LogP contribution in [0.5, 0.6) is 0 Å². The van der Waals surface area contributed by atoms with Gasteiger partial charge in [-0.05, 0) is 145 Å². The highest BCUT2D eigenvalue weighted by Crippen LogP contribution is 2.36. The van der Waals surface area contributed by atoms with Crippen molar-refractivity contribution in [3.8, 4) is 91.9 Å². The Bertz CT molecular complexity index is 5050. The highest BCUT2D eigenvalue weighted by Gasteiger charge is 2.28. The zero-order valence-corrected chi connectivity index (χ0v) is 66.4. The van der Waals surface area contributed by atoms with Gasteiger partial charge in [0, 0.05) is 35.3 Å². The molecule has 0 fully saturated rings. The quantitative estimate of drug-likeness (QED) is 0.0299. The standard InChI is InChI=1S/C21H26BrN5O3.C19H22ClN5O3.C17H17BrN4O3S.C15H13ClN4O3/c1-5-26(6-2)10-11-29-17(28)13-27-19(18(22)15(4)24-27)21-23-20(25-30-21)16-9-7-8-14(3)12-16;1-12-6-5-7-14(10-12)18-21-19(28-23-18)17-16(20)13(2)22-25(17)11-15(26)27-9-8-24(3)4;1-10-5-4-6-12(7-10)16-19-17(25-21-16)15-14(18)11(2)20-22(15)8-13(23)24-9-26-3;1-8-4-3-5-10(6-8)14-17-15(23-19-14)13-12(16)9(2)18-20(13)7-11(21)22/h7-9,12H,5-6,10-11,13H2,1-4H3;5-7,10H,8-9,11H2,1-4H3;4-7H,8-9H2,1-3H3;3-6H,7H2,1-2H3,(H,21,22). The fourth-order valence-electron chi connectivity index (χ4n) is 10.3. The molecule has 0 radical (unpaired) electrons. The van der Waals surface area contributed by atoms with E-state index in [9.17, 15) is 19.2 Å². The SMILES string of the molecule is CCN(CC)CCOC(=O)Cn1nc(C)c(Br)c1-c1nc(-c2cccc(C)c2)no1.CSCOC(=O)Cn1nc(C)c(Br)c1-c1nc(-c2cccc(C)c2)no1.Cc1cccc(-c2noc(-c3c(Cl)c(C)nn3CC(=O)O)n2)c1.Cc1cccc(-c2noc(-c3c(Cl)c(C)nn3CC(=O)OCCN(C)C)n2)c1. The molecule has 562 valence electrons. The van der Waals surface area contributed by atoms with Gasteiger partial charge in [-0.1, -0.05) is 153 Å². The summed E-state index contributed by atoms with van der Waals surface area (Å²) in [7, 11) is 3.81. The predicted octanol–water partition coefficient (Wildman–Crippen LogP) is 13.6. The number of halogens is 4. The fraction of sp³-hybridized carbons (Fsp3) is 0.333. The maximum Gasteiger partial charge on any atom is 0.328 e. The molecule has 0 saturated carbocycles. The Kier molecular flexibility index (Phi) is 28.8. The fourth-order valence-corrected chi connectivity index (χ4v) is 11.9. The van der Waals surface area contributed by atoms with E-state index in [1.54, 1.807) is 13.8 Å². The third-order valence-corrected chi connectivity index (χ3v) is 18.8. The summed E-state index contributed by atoms with van der Waals surface area (Å²) in [6.07, 6.45) is 1.86. The van der Waals surface area contributed by atoms with Crippen LogP contribution in [0.25, 0.3) is 91.9 Å². The van der Waals surface area contributed by atoms with Crippen molar-refractivity contribution in [3.05, 3.63) is 161 Å². The van der Waals surface area contributed by atoms with E-state index in [4.69, 9.17) is 60.6 Å². The lowest BCUT2D eigenvalue weighted by molar-refractivity contribution is -0.145. The molecule has 12 rings (SSSR count). The smallest absolute Gasteiger partial charge is 0.328 e. The minimum absolute atomic E-state index is 0.0372. The van der Waals surface area contributed by atoms with Crippen molar-refractivity contribution in [2.45, 2.75) is 95.4 Å². The zero-order chi connectivity index (χ0) is 77.2. The minimum atomic E-state index is -1.04. The molecule has 35 heteroatoms. The van der Waals surface area contributed by atoms with Crippen LogP contribution in [0.4, 0.5) is 0 Å². The van der Waals surface area contributed by atoms with Gasteiger partial charge in [0.1, 0.15) is 68.1 Å². The lowest BCUT2D eigenvalue weighted by Gasteiger charge is -2.17. The van der Waals surface area contributed by atoms with E-state index in [1.165, 1.54) is 30.5 Å². The number of benzene rings is 4. The number of hydrogen-bond acceptors (Lipinski definition) is 26. The molecule has 0 spiro atoms. The maximum atomic E-state index is 12.4. The van der Waals surface area contributed by atoms with Gasteiger partial charge in [-0.25, -0.2) is 18.7 Å². The number of thioether (sulfide) groups is 1. The van der Waals surface area contributed by atoms with Crippen molar-refractivity contribution >= 4 is 90.7 Å². The van der Waals surface area contributed by atoms with E-state index >= 15 is 0 Å². The average Bonchev–Trinajstić information content (AvgIpc) is 1.66. The van der Waals surface area contributed by atoms with Gasteiger partial charge in [0.15, 0.2) is 0 Å². The van der Waals surface area contributed by atoms with Gasteiger partial charge in [0.05, 0.1) is 41.8 Å². The second-order valence-electron chi connectivity index (χ2n) is 24.4. The molecule has 107 heavy (non-hydrogen) atoms. The molecule has 0 bridgehead atoms. The van der Waals surface area contributed by atoms with Gasteiger partial charge in [-0.15, -0.1) is 11.8 Å². The van der Waals surface area contributed by atoms with E-state index in [0.29, 0.717) is 114 Å². The van der Waals surface area contributed by atoms with E-state index in [2.05, 4.69) is 112 Å². The van der Waals surface area contributed by atoms with Gasteiger partial charge in [-0.2, -0.15) is 40.3 Å². The first kappa shape index (κ1) is 81.1. The number of carboxylic acid groups (broad SMARTS) is 1. The Morgan fingerprint density at radius 3 is 1.09 bits per heavy atom. The number of aliphatic carboxylic acids is 1. The van der Waals surface area contributed by atoms with Crippen LogP contribution in [0.2, 0.25) is 10.0 Å². The lowest BCUT2D eigenvalue weighted by atomic mass is 10.1. The summed E-state index contributed by atoms with van der Waals surface area (Å²) in [4.78, 5) is 69.3. The molecule has 0 amide bonds. The predicted molar refractivity (Wildman–Crippen MR) is 408 cm³/mol. The number of likely N-dealkylation sites (N-methyl/N-ethyl adjacent to an activating group) is 2. The number of hydrogen-bond donors (Lipinski definition) is 1. The Balaban J connectivity index is 0.000000165. The molecular formula is C72H78Br2Cl2N18O12S. The summed E-state index contributed by atoms with van der Waals surface area (Å²) < 4.78 is 44.5. The molecule has 0 aliphatic rings. The summed E-state index contributed by atoms with van der Waals surface area (Å²) in [5, 5.41) is 43.0. The van der Waals surface area contributed by atoms with Crippen molar-refractivity contribution < 1.29 is 56.6 Å². The van der Waals surface area contributed by atoms with E-state index in [0.717, 1.165) is 63.3 Å². The number of rotatable bonds is 26. The Hall–Kier alpha value is -10.0. The second kappa shape index (κ2) is 38.0. The minimum Gasteiger partial charge on any atom is -0.480 e. The molecule has 30 nitrogen and oxygen atoms in total. The third kappa shape index (κ3) is 21.6. The Morgan fingerprint density at radius 1 is 0.467 bits per heavy atom. The molecule has 8 aromatic heterocycles. The molecule has 0 saturated heterocycles. The summed E-state index contributed by atoms with van der Waals surface area (Å²) >= 11 is 21.0. The van der Waals surface area contributed by atoms with Crippen LogP contribution in [0, 0.1) is 55.4 Å². The summed E-state index contributed by atoms with van der Waals surface area (Å²) in [6, 6.07) is 31.1. The zero-order valence-electron chi connectivity index (χ0n) is 60.9. The highest BCUT2D eigenvalue weighted by molar-refractivity contribution is 9.11. The first-order valence-electron chi connectivity index (χ1n) is 33.3. The molecule has 0 aliphatic heterocycles. The molecule has 12 aromatic rings. The Morgan fingerprint density at radius 2 is 0.776 bits per heavy atom. The molecule has 0 aliphatic carbocycles. The number of nitrogens with zero attached hydrogens (tertiary/aromatic N) is 18. The topological polar surface area (TPSA) is 350 Å². The van der Waals surface area contributed by atoms with Crippen LogP contribution < -0.4 is 0 Å². The number of carbonyl (C=O) groups excluding carboxylic acids is 3. The van der Waals surface area contributed by atoms with E-state index < -0.39 is 11.9 Å². The number of carboxylic acids is 1. The van der Waals surface area contributed by atoms with E-state index in [1.807, 2.05) is 164 Å². The number of ether oxygens (including phenoxy) is 3. The van der Waals surface area contributed by atoms with Crippen LogP contribution in [-0.2, 0) is 59.6 Å². The Labute approximate surface area is 646 Å². The number of aryl methyl sites for hydroxylation is 8. The number of esters is 3. The number of carbonyl (C=O) groups is 4. The van der Waals surface area contributed by atoms with Gasteiger partial charge in [-0.3, -0.25) is 19.2 Å². The largest absolute Gasteiger partial charge is 0.480 e. The molecule has 0 unspecified atom stereocenters. The lowest BCUT2D eigenvalue weighted by Crippen LogP contribution is -2.28. The third-order valence-electron chi connectivity index (χ3n) is 15.7. The first-order chi connectivity index (χ1) is 51.2. The summed E-state index contributed by atoms with van der Waals surface area (Å²) in [5.74, 6) is 0.801. The van der Waals surface area contributed by atoms with Crippen molar-refractivity contribution in [1.82, 2.24) is 89.5 Å². The van der Waals surface area contributed by atoms with Crippen molar-refractivity contribution in [3.63, 3.8) is 0 Å². The molecule has 0 atom stereocenters. The highest BCUT2D eigenvalue weighted by atomic mass is 79.9. The first-order valence-corrected chi connectivity index (χ1v) is 37.1. The normalized spacial score (nSPS) is 11.1. The summed E-state index contributed by atoms with van der Waals surface area (Å²) in [5.41, 5.74) is 12.0. The van der Waals surface area contributed by atoms with Crippen LogP contribution in [0.3, 0.4) is 0 Å².